The van der Waals surface area contributed by atoms with Crippen molar-refractivity contribution in [1.29, 1.82) is 0 Å². The van der Waals surface area contributed by atoms with Gasteiger partial charge in [-0.15, -0.1) is 0 Å². The van der Waals surface area contributed by atoms with Gasteiger partial charge in [0.1, 0.15) is 16.5 Å². The first-order chi connectivity index (χ1) is 10.1. The molecule has 120 valence electrons. The van der Waals surface area contributed by atoms with Crippen molar-refractivity contribution >= 4 is 11.6 Å². The number of methoxy groups -OCH3 is 2. The molecule has 0 saturated heterocycles. The average Bonchev–Trinajstić information content (AvgIpc) is 2.46. The lowest BCUT2D eigenvalue weighted by Gasteiger charge is -2.13. The molecule has 0 atom stereocenters. The molecule has 0 bridgehead atoms. The maximum atomic E-state index is 6.27. The lowest BCUT2D eigenvalue weighted by atomic mass is 10.1. The zero-order chi connectivity index (χ0) is 15.7. The molecule has 0 spiro atoms. The van der Waals surface area contributed by atoms with Gasteiger partial charge in [0.15, 0.2) is 0 Å². The lowest BCUT2D eigenvalue weighted by molar-refractivity contribution is 0.391. The Kier molecular flexibility index (Phi) is 8.55. The standard InChI is InChI=1S/C17H28ClNO2/c1-13(2)12-19-11-7-5-6-8-14-9-10-15(20-3)16(18)17(14)21-4/h9-10,13,19H,5-8,11-12H2,1-4H3. The van der Waals surface area contributed by atoms with Gasteiger partial charge in [0.2, 0.25) is 0 Å². The summed E-state index contributed by atoms with van der Waals surface area (Å²) in [5.41, 5.74) is 1.15. The number of hydrogen-bond acceptors (Lipinski definition) is 3. The molecule has 0 fully saturated rings. The van der Waals surface area contributed by atoms with Gasteiger partial charge in [-0.05, 0) is 49.9 Å². The fraction of sp³-hybridized carbons (Fsp3) is 0.647. The van der Waals surface area contributed by atoms with Crippen molar-refractivity contribution in [2.45, 2.75) is 39.5 Å². The molecular formula is C17H28ClNO2. The van der Waals surface area contributed by atoms with Gasteiger partial charge < -0.3 is 14.8 Å². The number of unbranched alkanes of at least 4 members (excludes halogenated alkanes) is 2. The fourth-order valence-electron chi connectivity index (χ4n) is 2.29. The molecule has 1 aromatic carbocycles. The quantitative estimate of drug-likeness (QED) is 0.653. The van der Waals surface area contributed by atoms with Crippen LogP contribution in [0.25, 0.3) is 0 Å². The summed E-state index contributed by atoms with van der Waals surface area (Å²) in [6.07, 6.45) is 4.54. The van der Waals surface area contributed by atoms with E-state index < -0.39 is 0 Å². The van der Waals surface area contributed by atoms with Crippen LogP contribution >= 0.6 is 11.6 Å². The van der Waals surface area contributed by atoms with Crippen molar-refractivity contribution in [2.24, 2.45) is 5.92 Å². The third-order valence-electron chi connectivity index (χ3n) is 3.42. The molecule has 0 heterocycles. The van der Waals surface area contributed by atoms with Crippen molar-refractivity contribution in [3.05, 3.63) is 22.7 Å². The summed E-state index contributed by atoms with van der Waals surface area (Å²) in [6, 6.07) is 3.95. The topological polar surface area (TPSA) is 30.5 Å². The lowest BCUT2D eigenvalue weighted by Crippen LogP contribution is -2.20. The Balaban J connectivity index is 2.37. The van der Waals surface area contributed by atoms with E-state index in [4.69, 9.17) is 21.1 Å². The monoisotopic (exact) mass is 313 g/mol. The Morgan fingerprint density at radius 1 is 1.10 bits per heavy atom. The minimum Gasteiger partial charge on any atom is -0.495 e. The molecule has 21 heavy (non-hydrogen) atoms. The summed E-state index contributed by atoms with van der Waals surface area (Å²) in [7, 11) is 3.27. The number of ether oxygens (including phenoxy) is 2. The molecule has 0 aliphatic heterocycles. The van der Waals surface area contributed by atoms with Crippen LogP contribution < -0.4 is 14.8 Å². The van der Waals surface area contributed by atoms with Crippen LogP contribution in [0.4, 0.5) is 0 Å². The first-order valence-electron chi connectivity index (χ1n) is 7.70. The van der Waals surface area contributed by atoms with Crippen LogP contribution in [-0.4, -0.2) is 27.3 Å². The van der Waals surface area contributed by atoms with E-state index in [0.29, 0.717) is 10.8 Å². The Bertz CT molecular complexity index is 421. The van der Waals surface area contributed by atoms with Crippen LogP contribution in [0.1, 0.15) is 38.7 Å². The highest BCUT2D eigenvalue weighted by molar-refractivity contribution is 6.33. The number of benzene rings is 1. The van der Waals surface area contributed by atoms with E-state index in [9.17, 15) is 0 Å². The molecule has 4 heteroatoms. The van der Waals surface area contributed by atoms with Crippen LogP contribution in [0.5, 0.6) is 11.5 Å². The summed E-state index contributed by atoms with van der Waals surface area (Å²) >= 11 is 6.27. The highest BCUT2D eigenvalue weighted by Crippen LogP contribution is 2.37. The summed E-state index contributed by atoms with van der Waals surface area (Å²) in [4.78, 5) is 0. The van der Waals surface area contributed by atoms with Crippen LogP contribution in [0, 0.1) is 5.92 Å². The van der Waals surface area contributed by atoms with Gasteiger partial charge in [0, 0.05) is 0 Å². The van der Waals surface area contributed by atoms with Crippen LogP contribution in [-0.2, 0) is 6.42 Å². The van der Waals surface area contributed by atoms with Crippen molar-refractivity contribution in [2.75, 3.05) is 27.3 Å². The Morgan fingerprint density at radius 3 is 2.48 bits per heavy atom. The zero-order valence-electron chi connectivity index (χ0n) is 13.7. The number of rotatable bonds is 10. The first-order valence-corrected chi connectivity index (χ1v) is 8.08. The maximum absolute atomic E-state index is 6.27. The van der Waals surface area contributed by atoms with Gasteiger partial charge in [-0.2, -0.15) is 0 Å². The first kappa shape index (κ1) is 18.1. The van der Waals surface area contributed by atoms with Crippen LogP contribution in [0.2, 0.25) is 5.02 Å². The molecule has 0 saturated carbocycles. The third kappa shape index (κ3) is 6.15. The van der Waals surface area contributed by atoms with Crippen LogP contribution in [0.15, 0.2) is 12.1 Å². The fourth-order valence-corrected chi connectivity index (χ4v) is 2.62. The second-order valence-electron chi connectivity index (χ2n) is 5.68. The second-order valence-corrected chi connectivity index (χ2v) is 6.06. The highest BCUT2D eigenvalue weighted by Gasteiger charge is 2.12. The van der Waals surface area contributed by atoms with E-state index in [-0.39, 0.29) is 0 Å². The Morgan fingerprint density at radius 2 is 1.86 bits per heavy atom. The predicted octanol–water partition coefficient (Wildman–Crippen LogP) is 4.32. The SMILES string of the molecule is COc1ccc(CCCCCNCC(C)C)c(OC)c1Cl. The molecular weight excluding hydrogens is 286 g/mol. The molecule has 0 radical (unpaired) electrons. The Labute approximate surface area is 134 Å². The summed E-state index contributed by atoms with van der Waals surface area (Å²) in [6.45, 7) is 6.65. The van der Waals surface area contributed by atoms with Crippen molar-refractivity contribution in [3.63, 3.8) is 0 Å². The van der Waals surface area contributed by atoms with Gasteiger partial charge in [0.25, 0.3) is 0 Å². The van der Waals surface area contributed by atoms with Crippen molar-refractivity contribution < 1.29 is 9.47 Å². The smallest absolute Gasteiger partial charge is 0.144 e. The number of hydrogen-bond donors (Lipinski definition) is 1. The van der Waals surface area contributed by atoms with Gasteiger partial charge >= 0.3 is 0 Å². The van der Waals surface area contributed by atoms with E-state index >= 15 is 0 Å². The zero-order valence-corrected chi connectivity index (χ0v) is 14.4. The highest BCUT2D eigenvalue weighted by atomic mass is 35.5. The Hall–Kier alpha value is -0.930. The average molecular weight is 314 g/mol. The number of aryl methyl sites for hydroxylation is 1. The molecule has 1 N–H and O–H groups in total. The second kappa shape index (κ2) is 9.91. The van der Waals surface area contributed by atoms with E-state index in [0.717, 1.165) is 43.2 Å². The minimum absolute atomic E-state index is 0.566. The third-order valence-corrected chi connectivity index (χ3v) is 3.78. The molecule has 0 aliphatic carbocycles. The molecule has 0 unspecified atom stereocenters. The summed E-state index contributed by atoms with van der Waals surface area (Å²) < 4.78 is 10.6. The summed E-state index contributed by atoms with van der Waals surface area (Å²) in [5.74, 6) is 2.12. The molecule has 1 rings (SSSR count). The molecule has 0 aliphatic rings. The van der Waals surface area contributed by atoms with E-state index in [1.54, 1.807) is 14.2 Å². The van der Waals surface area contributed by atoms with Gasteiger partial charge in [-0.1, -0.05) is 37.9 Å². The largest absolute Gasteiger partial charge is 0.495 e. The van der Waals surface area contributed by atoms with E-state index in [1.165, 1.54) is 12.8 Å². The van der Waals surface area contributed by atoms with Crippen molar-refractivity contribution in [1.82, 2.24) is 5.32 Å². The maximum Gasteiger partial charge on any atom is 0.144 e. The normalized spacial score (nSPS) is 11.0. The number of halogens is 1. The van der Waals surface area contributed by atoms with Crippen molar-refractivity contribution in [3.8, 4) is 11.5 Å². The van der Waals surface area contributed by atoms with Gasteiger partial charge in [-0.25, -0.2) is 0 Å². The molecule has 0 aromatic heterocycles. The van der Waals surface area contributed by atoms with E-state index in [1.807, 2.05) is 12.1 Å². The minimum atomic E-state index is 0.566. The number of nitrogens with one attached hydrogen (secondary N) is 1. The predicted molar refractivity (Wildman–Crippen MR) is 89.8 cm³/mol. The molecule has 3 nitrogen and oxygen atoms in total. The molecule has 1 aromatic rings. The van der Waals surface area contributed by atoms with Crippen LogP contribution in [0.3, 0.4) is 0 Å². The van der Waals surface area contributed by atoms with Gasteiger partial charge in [-0.3, -0.25) is 0 Å². The molecule has 0 amide bonds. The summed E-state index contributed by atoms with van der Waals surface area (Å²) in [5, 5.41) is 4.03. The van der Waals surface area contributed by atoms with Gasteiger partial charge in [0.05, 0.1) is 14.2 Å². The van der Waals surface area contributed by atoms with E-state index in [2.05, 4.69) is 19.2 Å².